The third-order valence-corrected chi connectivity index (χ3v) is 11.1. The smallest absolute Gasteiger partial charge is 0.399 e. The Hall–Kier alpha value is -2.63. The number of benzene rings is 3. The Bertz CT molecular complexity index is 1510. The van der Waals surface area contributed by atoms with Crippen LogP contribution in [0, 0.1) is 0 Å². The summed E-state index contributed by atoms with van der Waals surface area (Å²) in [7, 11) is -0.755. The molecule has 0 saturated carbocycles. The van der Waals surface area contributed by atoms with Crippen molar-refractivity contribution in [2.45, 2.75) is 110 Å². The van der Waals surface area contributed by atoms with Crippen LogP contribution in [0.2, 0.25) is 0 Å². The van der Waals surface area contributed by atoms with Crippen LogP contribution in [-0.2, 0) is 24.0 Å². The zero-order chi connectivity index (χ0) is 31.0. The molecule has 2 aliphatic heterocycles. The molecule has 0 amide bonds. The minimum Gasteiger partial charge on any atom is -0.399 e. The van der Waals surface area contributed by atoms with Gasteiger partial charge in [-0.2, -0.15) is 0 Å². The first-order valence-corrected chi connectivity index (χ1v) is 15.9. The highest BCUT2D eigenvalue weighted by atomic mass is 16.7. The summed E-state index contributed by atoms with van der Waals surface area (Å²) in [4.78, 5) is 0. The molecular weight excluding hydrogens is 530 g/mol. The molecule has 3 aromatic carbocycles. The highest BCUT2D eigenvalue weighted by Gasteiger charge is 2.53. The maximum absolute atomic E-state index is 6.36. The molecular formula is C37H46B2O4. The van der Waals surface area contributed by atoms with Gasteiger partial charge in [-0.05, 0) is 113 Å². The molecule has 0 unspecified atom stereocenters. The summed E-state index contributed by atoms with van der Waals surface area (Å²) in [6, 6.07) is 26.7. The second-order valence-electron chi connectivity index (χ2n) is 14.5. The molecule has 2 heterocycles. The first-order chi connectivity index (χ1) is 20.2. The van der Waals surface area contributed by atoms with Crippen LogP contribution >= 0.6 is 0 Å². The Morgan fingerprint density at radius 1 is 0.512 bits per heavy atom. The van der Waals surface area contributed by atoms with Crippen molar-refractivity contribution in [2.24, 2.45) is 0 Å². The molecule has 4 nitrogen and oxygen atoms in total. The van der Waals surface area contributed by atoms with Crippen molar-refractivity contribution in [2.75, 3.05) is 0 Å². The summed E-state index contributed by atoms with van der Waals surface area (Å²) >= 11 is 0. The van der Waals surface area contributed by atoms with E-state index < -0.39 is 0 Å². The van der Waals surface area contributed by atoms with Crippen LogP contribution in [-0.4, -0.2) is 36.6 Å². The summed E-state index contributed by atoms with van der Waals surface area (Å²) in [6.07, 6.45) is 2.04. The van der Waals surface area contributed by atoms with Gasteiger partial charge in [0, 0.05) is 5.41 Å². The van der Waals surface area contributed by atoms with Crippen molar-refractivity contribution in [3.8, 4) is 0 Å². The molecule has 0 N–H and O–H groups in total. The topological polar surface area (TPSA) is 36.9 Å². The summed E-state index contributed by atoms with van der Waals surface area (Å²) in [5.74, 6) is 0. The van der Waals surface area contributed by atoms with Gasteiger partial charge < -0.3 is 18.6 Å². The van der Waals surface area contributed by atoms with E-state index in [9.17, 15) is 0 Å². The lowest BCUT2D eigenvalue weighted by Gasteiger charge is -2.32. The lowest BCUT2D eigenvalue weighted by Crippen LogP contribution is -2.41. The van der Waals surface area contributed by atoms with Gasteiger partial charge in [0.05, 0.1) is 22.4 Å². The van der Waals surface area contributed by atoms with Gasteiger partial charge in [0.25, 0.3) is 0 Å². The van der Waals surface area contributed by atoms with Gasteiger partial charge in [0.15, 0.2) is 0 Å². The van der Waals surface area contributed by atoms with E-state index in [2.05, 4.69) is 142 Å². The summed E-state index contributed by atoms with van der Waals surface area (Å²) in [6.45, 7) is 21.4. The Kier molecular flexibility index (Phi) is 7.21. The van der Waals surface area contributed by atoms with E-state index in [1.807, 2.05) is 0 Å². The second kappa shape index (κ2) is 10.2. The molecule has 43 heavy (non-hydrogen) atoms. The van der Waals surface area contributed by atoms with E-state index in [1.54, 1.807) is 0 Å². The molecule has 0 bridgehead atoms. The van der Waals surface area contributed by atoms with Gasteiger partial charge in [-0.15, -0.1) is 0 Å². The van der Waals surface area contributed by atoms with Crippen LogP contribution in [0.15, 0.2) is 72.8 Å². The van der Waals surface area contributed by atoms with Crippen molar-refractivity contribution in [1.82, 2.24) is 0 Å². The molecule has 2 saturated heterocycles. The zero-order valence-corrected chi connectivity index (χ0v) is 27.6. The third kappa shape index (κ3) is 4.68. The molecule has 3 aromatic rings. The van der Waals surface area contributed by atoms with Gasteiger partial charge in [0.2, 0.25) is 0 Å². The predicted octanol–water partition coefficient (Wildman–Crippen LogP) is 7.32. The van der Waals surface area contributed by atoms with Crippen molar-refractivity contribution < 1.29 is 18.6 Å². The standard InChI is InChI=1S/C37H46B2O4/c1-11-37(12-2)30-16-14-13-15-29(30)31(25-17-21-27(22-18-25)38-40-33(3,4)34(5,6)41-38)32(37)26-19-23-28(24-20-26)39-42-35(7,8)36(9,10)43-39/h13-24H,11-12H2,1-10H3. The quantitative estimate of drug-likeness (QED) is 0.289. The fraction of sp³-hybridized carbons (Fsp3) is 0.459. The van der Waals surface area contributed by atoms with Crippen LogP contribution in [0.4, 0.5) is 0 Å². The lowest BCUT2D eigenvalue weighted by molar-refractivity contribution is 0.00578. The molecule has 0 aromatic heterocycles. The van der Waals surface area contributed by atoms with E-state index >= 15 is 0 Å². The molecule has 0 radical (unpaired) electrons. The molecule has 0 atom stereocenters. The normalized spacial score (nSPS) is 22.7. The van der Waals surface area contributed by atoms with Gasteiger partial charge in [-0.1, -0.05) is 86.6 Å². The Labute approximate surface area is 259 Å². The van der Waals surface area contributed by atoms with Crippen LogP contribution in [0.5, 0.6) is 0 Å². The number of allylic oxidation sites excluding steroid dienone is 1. The van der Waals surface area contributed by atoms with Gasteiger partial charge in [-0.25, -0.2) is 0 Å². The molecule has 6 heteroatoms. The largest absolute Gasteiger partial charge is 0.494 e. The second-order valence-corrected chi connectivity index (χ2v) is 14.5. The van der Waals surface area contributed by atoms with Crippen molar-refractivity contribution in [1.29, 1.82) is 0 Å². The minimum absolute atomic E-state index is 0.0812. The average Bonchev–Trinajstić information content (AvgIpc) is 3.48. The van der Waals surface area contributed by atoms with E-state index in [0.717, 1.165) is 23.8 Å². The van der Waals surface area contributed by atoms with E-state index in [4.69, 9.17) is 18.6 Å². The fourth-order valence-corrected chi connectivity index (χ4v) is 6.90. The van der Waals surface area contributed by atoms with Crippen molar-refractivity contribution in [3.05, 3.63) is 95.1 Å². The molecule has 6 rings (SSSR count). The lowest BCUT2D eigenvalue weighted by atomic mass is 9.70. The van der Waals surface area contributed by atoms with Crippen molar-refractivity contribution in [3.63, 3.8) is 0 Å². The number of hydrogen-bond acceptors (Lipinski definition) is 4. The molecule has 2 fully saturated rings. The van der Waals surface area contributed by atoms with Crippen LogP contribution < -0.4 is 10.9 Å². The van der Waals surface area contributed by atoms with E-state index in [1.165, 1.54) is 33.4 Å². The predicted molar refractivity (Wildman–Crippen MR) is 179 cm³/mol. The van der Waals surface area contributed by atoms with Gasteiger partial charge >= 0.3 is 14.2 Å². The monoisotopic (exact) mass is 576 g/mol. The average molecular weight is 576 g/mol. The third-order valence-electron chi connectivity index (χ3n) is 11.1. The Balaban J connectivity index is 1.43. The highest BCUT2D eigenvalue weighted by molar-refractivity contribution is 6.62. The summed E-state index contributed by atoms with van der Waals surface area (Å²) in [5, 5.41) is 0. The molecule has 3 aliphatic rings. The maximum atomic E-state index is 6.36. The van der Waals surface area contributed by atoms with E-state index in [0.29, 0.717) is 0 Å². The fourth-order valence-electron chi connectivity index (χ4n) is 6.90. The number of fused-ring (bicyclic) bond motifs is 1. The maximum Gasteiger partial charge on any atom is 0.494 e. The summed E-state index contributed by atoms with van der Waals surface area (Å²) in [5.41, 5.74) is 8.41. The van der Waals surface area contributed by atoms with Gasteiger partial charge in [0.1, 0.15) is 0 Å². The van der Waals surface area contributed by atoms with Crippen LogP contribution in [0.1, 0.15) is 104 Å². The van der Waals surface area contributed by atoms with Crippen molar-refractivity contribution >= 4 is 36.3 Å². The number of hydrogen-bond donors (Lipinski definition) is 0. The first kappa shape index (κ1) is 30.4. The Morgan fingerprint density at radius 2 is 0.907 bits per heavy atom. The molecule has 224 valence electrons. The van der Waals surface area contributed by atoms with E-state index in [-0.39, 0.29) is 42.1 Å². The number of rotatable bonds is 6. The highest BCUT2D eigenvalue weighted by Crippen LogP contribution is 2.56. The Morgan fingerprint density at radius 3 is 1.33 bits per heavy atom. The SMILES string of the molecule is CCC1(CC)C(c2ccc(B3OC(C)(C)C(C)(C)O3)cc2)=C(c2ccc(B3OC(C)(C)C(C)(C)O3)cc2)c2ccccc21. The first-order valence-electron chi connectivity index (χ1n) is 15.9. The van der Waals surface area contributed by atoms with Crippen LogP contribution in [0.3, 0.4) is 0 Å². The zero-order valence-electron chi connectivity index (χ0n) is 27.6. The minimum atomic E-state index is -0.378. The molecule has 0 spiro atoms. The van der Waals surface area contributed by atoms with Crippen LogP contribution in [0.25, 0.3) is 11.1 Å². The summed E-state index contributed by atoms with van der Waals surface area (Å²) < 4.78 is 25.4. The molecule has 1 aliphatic carbocycles. The van der Waals surface area contributed by atoms with Gasteiger partial charge in [-0.3, -0.25) is 0 Å².